The van der Waals surface area contributed by atoms with Gasteiger partial charge in [-0.15, -0.1) is 12.4 Å². The molecule has 0 atom stereocenters. The summed E-state index contributed by atoms with van der Waals surface area (Å²) >= 11 is 0. The van der Waals surface area contributed by atoms with E-state index in [0.29, 0.717) is 0 Å². The second kappa shape index (κ2) is 4.44. The van der Waals surface area contributed by atoms with Crippen molar-refractivity contribution in [3.63, 3.8) is 0 Å². The van der Waals surface area contributed by atoms with Crippen LogP contribution in [0, 0.1) is 0 Å². The van der Waals surface area contributed by atoms with E-state index in [1.54, 1.807) is 0 Å². The minimum Gasteiger partial charge on any atom is -0.306 e. The molecular formula is C7H16ClNO2S. The second-order valence-corrected chi connectivity index (χ2v) is 5.66. The summed E-state index contributed by atoms with van der Waals surface area (Å²) < 4.78 is 22.1. The van der Waals surface area contributed by atoms with Gasteiger partial charge in [0.25, 0.3) is 0 Å². The highest BCUT2D eigenvalue weighted by Gasteiger charge is 2.24. The third-order valence-corrected chi connectivity index (χ3v) is 3.95. The summed E-state index contributed by atoms with van der Waals surface area (Å²) in [7, 11) is -0.750. The van der Waals surface area contributed by atoms with Gasteiger partial charge in [-0.05, 0) is 33.0 Å². The first-order chi connectivity index (χ1) is 5.00. The van der Waals surface area contributed by atoms with Gasteiger partial charge in [-0.2, -0.15) is 0 Å². The van der Waals surface area contributed by atoms with Crippen molar-refractivity contribution in [2.24, 2.45) is 0 Å². The summed E-state index contributed by atoms with van der Waals surface area (Å²) in [6.07, 6.45) is 2.94. The Bertz CT molecular complexity index is 220. The van der Waals surface area contributed by atoms with Gasteiger partial charge in [0.05, 0.1) is 5.25 Å². The predicted molar refractivity (Wildman–Crippen MR) is 52.6 cm³/mol. The Morgan fingerprint density at radius 2 is 1.67 bits per heavy atom. The smallest absolute Gasteiger partial charge is 0.150 e. The van der Waals surface area contributed by atoms with Crippen LogP contribution >= 0.6 is 12.4 Å². The Balaban J connectivity index is 0.00000121. The monoisotopic (exact) mass is 213 g/mol. The maximum atomic E-state index is 11.1. The zero-order chi connectivity index (χ0) is 8.48. The van der Waals surface area contributed by atoms with E-state index in [9.17, 15) is 8.42 Å². The number of sulfone groups is 1. The minimum atomic E-state index is -2.78. The predicted octanol–water partition coefficient (Wildman–Crippen LogP) is 0.547. The Kier molecular flexibility index (Phi) is 4.51. The number of likely N-dealkylation sites (tertiary alicyclic amines) is 1. The van der Waals surface area contributed by atoms with Crippen molar-refractivity contribution in [1.29, 1.82) is 0 Å². The minimum absolute atomic E-state index is 0. The van der Waals surface area contributed by atoms with Crippen LogP contribution in [-0.2, 0) is 9.84 Å². The molecular weight excluding hydrogens is 198 g/mol. The van der Waals surface area contributed by atoms with Crippen LogP contribution in [0.2, 0.25) is 0 Å². The number of hydrogen-bond donors (Lipinski definition) is 0. The number of piperidine rings is 1. The lowest BCUT2D eigenvalue weighted by atomic mass is 10.1. The van der Waals surface area contributed by atoms with Crippen LogP contribution in [0.3, 0.4) is 0 Å². The van der Waals surface area contributed by atoms with Gasteiger partial charge in [0.2, 0.25) is 0 Å². The summed E-state index contributed by atoms with van der Waals surface area (Å²) in [6, 6.07) is 0. The Labute approximate surface area is 80.5 Å². The second-order valence-electron chi connectivity index (χ2n) is 3.33. The van der Waals surface area contributed by atoms with E-state index in [4.69, 9.17) is 0 Å². The zero-order valence-corrected chi connectivity index (χ0v) is 9.12. The quantitative estimate of drug-likeness (QED) is 0.639. The van der Waals surface area contributed by atoms with Crippen LogP contribution in [0.5, 0.6) is 0 Å². The van der Waals surface area contributed by atoms with Gasteiger partial charge < -0.3 is 4.90 Å². The summed E-state index contributed by atoms with van der Waals surface area (Å²) in [5.74, 6) is 0. The molecule has 74 valence electrons. The van der Waals surface area contributed by atoms with E-state index >= 15 is 0 Å². The molecule has 0 amide bonds. The first kappa shape index (κ1) is 12.2. The average molecular weight is 214 g/mol. The standard InChI is InChI=1S/C7H15NO2S.ClH/c1-8-5-3-7(4-6-8)11(2,9)10;/h7H,3-6H2,1-2H3;1H. The Morgan fingerprint density at radius 3 is 2.00 bits per heavy atom. The molecule has 5 heteroatoms. The van der Waals surface area contributed by atoms with Crippen molar-refractivity contribution in [3.05, 3.63) is 0 Å². The molecule has 1 saturated heterocycles. The number of hydrogen-bond acceptors (Lipinski definition) is 3. The fraction of sp³-hybridized carbons (Fsp3) is 1.00. The summed E-state index contributed by atoms with van der Waals surface area (Å²) in [5.41, 5.74) is 0. The van der Waals surface area contributed by atoms with Gasteiger partial charge in [0.1, 0.15) is 9.84 Å². The van der Waals surface area contributed by atoms with Crippen molar-refractivity contribution < 1.29 is 8.42 Å². The molecule has 1 heterocycles. The highest BCUT2D eigenvalue weighted by molar-refractivity contribution is 7.91. The highest BCUT2D eigenvalue weighted by Crippen LogP contribution is 2.15. The molecule has 1 rings (SSSR count). The van der Waals surface area contributed by atoms with E-state index in [0.717, 1.165) is 25.9 Å². The van der Waals surface area contributed by atoms with Gasteiger partial charge >= 0.3 is 0 Å². The Hall–Kier alpha value is 0.200. The fourth-order valence-electron chi connectivity index (χ4n) is 1.41. The molecule has 12 heavy (non-hydrogen) atoms. The molecule has 0 N–H and O–H groups in total. The van der Waals surface area contributed by atoms with E-state index in [2.05, 4.69) is 4.90 Å². The molecule has 0 aromatic carbocycles. The molecule has 0 aliphatic carbocycles. The first-order valence-electron chi connectivity index (χ1n) is 3.87. The van der Waals surface area contributed by atoms with Gasteiger partial charge in [-0.1, -0.05) is 0 Å². The van der Waals surface area contributed by atoms with Crippen LogP contribution in [0.4, 0.5) is 0 Å². The van der Waals surface area contributed by atoms with E-state index < -0.39 is 9.84 Å². The van der Waals surface area contributed by atoms with Crippen molar-refractivity contribution in [2.45, 2.75) is 18.1 Å². The summed E-state index contributed by atoms with van der Waals surface area (Å²) in [4.78, 5) is 2.17. The molecule has 0 saturated carbocycles. The lowest BCUT2D eigenvalue weighted by Gasteiger charge is -2.27. The molecule has 0 unspecified atom stereocenters. The molecule has 0 radical (unpaired) electrons. The lowest BCUT2D eigenvalue weighted by Crippen LogP contribution is -2.36. The third kappa shape index (κ3) is 3.29. The van der Waals surface area contributed by atoms with Crippen LogP contribution in [0.15, 0.2) is 0 Å². The van der Waals surface area contributed by atoms with Gasteiger partial charge in [0, 0.05) is 6.26 Å². The topological polar surface area (TPSA) is 37.4 Å². The summed E-state index contributed by atoms with van der Waals surface area (Å²) in [5, 5.41) is -0.0845. The van der Waals surface area contributed by atoms with Crippen LogP contribution in [-0.4, -0.2) is 45.0 Å². The fourth-order valence-corrected chi connectivity index (χ4v) is 2.48. The van der Waals surface area contributed by atoms with Crippen molar-refractivity contribution in [2.75, 3.05) is 26.4 Å². The molecule has 1 aliphatic heterocycles. The maximum absolute atomic E-state index is 11.1. The largest absolute Gasteiger partial charge is 0.306 e. The van der Waals surface area contributed by atoms with E-state index in [1.807, 2.05) is 7.05 Å². The van der Waals surface area contributed by atoms with Crippen molar-refractivity contribution in [3.8, 4) is 0 Å². The zero-order valence-electron chi connectivity index (χ0n) is 7.49. The van der Waals surface area contributed by atoms with Crippen LogP contribution in [0.25, 0.3) is 0 Å². The SMILES string of the molecule is CN1CCC(S(C)(=O)=O)CC1.Cl. The molecule has 0 bridgehead atoms. The number of halogens is 1. The average Bonchev–Trinajstić information content (AvgIpc) is 1.86. The summed E-state index contributed by atoms with van der Waals surface area (Å²) in [6.45, 7) is 1.83. The van der Waals surface area contributed by atoms with Crippen molar-refractivity contribution >= 4 is 22.2 Å². The van der Waals surface area contributed by atoms with Crippen LogP contribution < -0.4 is 0 Å². The molecule has 0 aromatic rings. The van der Waals surface area contributed by atoms with E-state index in [1.165, 1.54) is 6.26 Å². The molecule has 0 aromatic heterocycles. The number of nitrogens with zero attached hydrogens (tertiary/aromatic N) is 1. The van der Waals surface area contributed by atoms with Gasteiger partial charge in [-0.25, -0.2) is 8.42 Å². The third-order valence-electron chi connectivity index (χ3n) is 2.27. The first-order valence-corrected chi connectivity index (χ1v) is 5.83. The normalized spacial score (nSPS) is 21.8. The maximum Gasteiger partial charge on any atom is 0.150 e. The molecule has 0 spiro atoms. The van der Waals surface area contributed by atoms with Gasteiger partial charge in [0.15, 0.2) is 0 Å². The number of rotatable bonds is 1. The molecule has 3 nitrogen and oxygen atoms in total. The molecule has 1 aliphatic rings. The van der Waals surface area contributed by atoms with E-state index in [-0.39, 0.29) is 17.7 Å². The van der Waals surface area contributed by atoms with Crippen molar-refractivity contribution in [1.82, 2.24) is 4.90 Å². The van der Waals surface area contributed by atoms with Crippen LogP contribution in [0.1, 0.15) is 12.8 Å². The van der Waals surface area contributed by atoms with Gasteiger partial charge in [-0.3, -0.25) is 0 Å². The molecule has 1 fully saturated rings. The lowest BCUT2D eigenvalue weighted by molar-refractivity contribution is 0.278. The Morgan fingerprint density at radius 1 is 1.25 bits per heavy atom. The highest BCUT2D eigenvalue weighted by atomic mass is 35.5.